The number of carboxylic acid groups (broad SMARTS) is 1. The molecule has 2 aromatic rings. The first-order valence-corrected chi connectivity index (χ1v) is 7.32. The van der Waals surface area contributed by atoms with E-state index in [9.17, 15) is 19.5 Å². The zero-order valence-corrected chi connectivity index (χ0v) is 13.0. The van der Waals surface area contributed by atoms with Crippen LogP contribution in [0.25, 0.3) is 0 Å². The molecule has 0 bridgehead atoms. The van der Waals surface area contributed by atoms with Crippen LogP contribution in [0.4, 0.5) is 0 Å². The molecule has 0 spiro atoms. The summed E-state index contributed by atoms with van der Waals surface area (Å²) >= 11 is 11.9. The lowest BCUT2D eigenvalue weighted by atomic mass is 10.1. The van der Waals surface area contributed by atoms with Crippen LogP contribution in [0.3, 0.4) is 0 Å². The van der Waals surface area contributed by atoms with Gasteiger partial charge in [0.1, 0.15) is 0 Å². The third-order valence-electron chi connectivity index (χ3n) is 3.58. The molecule has 0 aromatic heterocycles. The predicted molar refractivity (Wildman–Crippen MR) is 83.8 cm³/mol. The van der Waals surface area contributed by atoms with E-state index >= 15 is 0 Å². The molecule has 1 heterocycles. The van der Waals surface area contributed by atoms with Gasteiger partial charge in [-0.15, -0.1) is 0 Å². The van der Waals surface area contributed by atoms with E-state index < -0.39 is 23.8 Å². The van der Waals surface area contributed by atoms with Gasteiger partial charge in [0.2, 0.25) is 0 Å². The van der Waals surface area contributed by atoms with E-state index in [0.717, 1.165) is 0 Å². The number of benzene rings is 2. The molecule has 0 fully saturated rings. The SMILES string of the molecule is O=C(O)C(c1ccccc1)N1C(=O)c2ccc(Cl)c(Cl)c2C1=O. The summed E-state index contributed by atoms with van der Waals surface area (Å²) < 4.78 is 0. The van der Waals surface area contributed by atoms with Gasteiger partial charge >= 0.3 is 5.97 Å². The summed E-state index contributed by atoms with van der Waals surface area (Å²) in [6.45, 7) is 0. The summed E-state index contributed by atoms with van der Waals surface area (Å²) in [6.07, 6.45) is 0. The Morgan fingerprint density at radius 1 is 1.00 bits per heavy atom. The van der Waals surface area contributed by atoms with Gasteiger partial charge < -0.3 is 5.11 Å². The van der Waals surface area contributed by atoms with Crippen LogP contribution < -0.4 is 0 Å². The van der Waals surface area contributed by atoms with E-state index in [-0.39, 0.29) is 21.2 Å². The summed E-state index contributed by atoms with van der Waals surface area (Å²) in [7, 11) is 0. The molecule has 1 unspecified atom stereocenters. The average Bonchev–Trinajstić information content (AvgIpc) is 2.77. The fourth-order valence-electron chi connectivity index (χ4n) is 2.55. The molecule has 0 saturated heterocycles. The summed E-state index contributed by atoms with van der Waals surface area (Å²) in [4.78, 5) is 37.5. The van der Waals surface area contributed by atoms with Crippen LogP contribution in [0.5, 0.6) is 0 Å². The highest BCUT2D eigenvalue weighted by Gasteiger charge is 2.45. The third kappa shape index (κ3) is 2.38. The van der Waals surface area contributed by atoms with Crippen LogP contribution in [-0.4, -0.2) is 27.8 Å². The zero-order valence-electron chi connectivity index (χ0n) is 11.5. The molecule has 2 amide bonds. The van der Waals surface area contributed by atoms with Crippen LogP contribution >= 0.6 is 23.2 Å². The first kappa shape index (κ1) is 15.5. The Morgan fingerprint density at radius 2 is 1.65 bits per heavy atom. The summed E-state index contributed by atoms with van der Waals surface area (Å²) in [5.41, 5.74) is 0.301. The second kappa shape index (κ2) is 5.68. The molecule has 0 aliphatic carbocycles. The second-order valence-electron chi connectivity index (χ2n) is 4.92. The number of carbonyl (C=O) groups is 3. The number of rotatable bonds is 3. The molecule has 1 atom stereocenters. The van der Waals surface area contributed by atoms with Crippen LogP contribution in [0.2, 0.25) is 10.0 Å². The van der Waals surface area contributed by atoms with Crippen LogP contribution in [0.15, 0.2) is 42.5 Å². The first-order valence-electron chi connectivity index (χ1n) is 6.57. The standard InChI is InChI=1S/C16H9Cl2NO4/c17-10-7-6-9-11(12(10)18)15(21)19(14(9)20)13(16(22)23)8-4-2-1-3-5-8/h1-7,13H,(H,22,23). The van der Waals surface area contributed by atoms with E-state index in [0.29, 0.717) is 10.5 Å². The number of halogens is 2. The van der Waals surface area contributed by atoms with Gasteiger partial charge in [0.15, 0.2) is 6.04 Å². The molecule has 2 aromatic carbocycles. The minimum absolute atomic E-state index is 0.0478. The minimum atomic E-state index is -1.43. The molecule has 7 heteroatoms. The zero-order chi connectivity index (χ0) is 16.7. The number of hydrogen-bond donors (Lipinski definition) is 1. The normalized spacial score (nSPS) is 14.8. The first-order chi connectivity index (χ1) is 10.9. The monoisotopic (exact) mass is 349 g/mol. The third-order valence-corrected chi connectivity index (χ3v) is 4.39. The van der Waals surface area contributed by atoms with Crippen molar-refractivity contribution < 1.29 is 19.5 Å². The van der Waals surface area contributed by atoms with Crippen LogP contribution in [-0.2, 0) is 4.79 Å². The van der Waals surface area contributed by atoms with E-state index in [1.165, 1.54) is 24.3 Å². The number of imide groups is 1. The van der Waals surface area contributed by atoms with Crippen molar-refractivity contribution in [2.45, 2.75) is 6.04 Å². The Labute approximate surface area is 141 Å². The van der Waals surface area contributed by atoms with E-state index in [1.807, 2.05) is 0 Å². The van der Waals surface area contributed by atoms with Gasteiger partial charge in [-0.25, -0.2) is 4.79 Å². The van der Waals surface area contributed by atoms with Gasteiger partial charge in [-0.3, -0.25) is 14.5 Å². The molecule has 116 valence electrons. The Bertz CT molecular complexity index is 835. The van der Waals surface area contributed by atoms with Crippen LogP contribution in [0, 0.1) is 0 Å². The molecule has 3 rings (SSSR count). The highest BCUT2D eigenvalue weighted by Crippen LogP contribution is 2.38. The van der Waals surface area contributed by atoms with Crippen molar-refractivity contribution >= 4 is 41.0 Å². The lowest BCUT2D eigenvalue weighted by Gasteiger charge is -2.22. The molecular weight excluding hydrogens is 341 g/mol. The summed E-state index contributed by atoms with van der Waals surface area (Å²) in [5.74, 6) is -2.79. The van der Waals surface area contributed by atoms with Crippen molar-refractivity contribution in [2.75, 3.05) is 0 Å². The highest BCUT2D eigenvalue weighted by atomic mass is 35.5. The Morgan fingerprint density at radius 3 is 2.26 bits per heavy atom. The second-order valence-corrected chi connectivity index (χ2v) is 5.70. The quantitative estimate of drug-likeness (QED) is 0.861. The molecule has 23 heavy (non-hydrogen) atoms. The van der Waals surface area contributed by atoms with E-state index in [4.69, 9.17) is 23.2 Å². The number of fused-ring (bicyclic) bond motifs is 1. The summed E-state index contributed by atoms with van der Waals surface area (Å²) in [6, 6.07) is 9.39. The Kier molecular flexibility index (Phi) is 3.83. The van der Waals surface area contributed by atoms with Crippen LogP contribution in [0.1, 0.15) is 32.3 Å². The maximum absolute atomic E-state index is 12.6. The van der Waals surface area contributed by atoms with E-state index in [1.54, 1.807) is 18.2 Å². The maximum atomic E-state index is 12.6. The van der Waals surface area contributed by atoms with Crippen molar-refractivity contribution in [3.05, 3.63) is 69.2 Å². The van der Waals surface area contributed by atoms with Crippen molar-refractivity contribution in [3.63, 3.8) is 0 Å². The average molecular weight is 350 g/mol. The number of amides is 2. The number of carboxylic acids is 1. The molecule has 1 aliphatic rings. The molecular formula is C16H9Cl2NO4. The molecule has 1 N–H and O–H groups in total. The van der Waals surface area contributed by atoms with Crippen molar-refractivity contribution in [3.8, 4) is 0 Å². The number of aliphatic carboxylic acids is 1. The lowest BCUT2D eigenvalue weighted by Crippen LogP contribution is -2.38. The highest BCUT2D eigenvalue weighted by molar-refractivity contribution is 6.45. The fraction of sp³-hybridized carbons (Fsp3) is 0.0625. The smallest absolute Gasteiger partial charge is 0.331 e. The van der Waals surface area contributed by atoms with Gasteiger partial charge in [0.25, 0.3) is 11.8 Å². The van der Waals surface area contributed by atoms with Gasteiger partial charge in [-0.1, -0.05) is 53.5 Å². The number of carbonyl (C=O) groups excluding carboxylic acids is 2. The minimum Gasteiger partial charge on any atom is -0.479 e. The maximum Gasteiger partial charge on any atom is 0.331 e. The molecule has 0 radical (unpaired) electrons. The van der Waals surface area contributed by atoms with Gasteiger partial charge in [0.05, 0.1) is 21.2 Å². The summed E-state index contributed by atoms with van der Waals surface area (Å²) in [5, 5.41) is 9.59. The Balaban J connectivity index is 2.14. The van der Waals surface area contributed by atoms with Crippen molar-refractivity contribution in [1.82, 2.24) is 4.90 Å². The topological polar surface area (TPSA) is 74.7 Å². The van der Waals surface area contributed by atoms with Crippen molar-refractivity contribution in [2.24, 2.45) is 0 Å². The van der Waals surface area contributed by atoms with Gasteiger partial charge in [-0.05, 0) is 17.7 Å². The van der Waals surface area contributed by atoms with Crippen molar-refractivity contribution in [1.29, 1.82) is 0 Å². The van der Waals surface area contributed by atoms with E-state index in [2.05, 4.69) is 0 Å². The molecule has 5 nitrogen and oxygen atoms in total. The van der Waals surface area contributed by atoms with Gasteiger partial charge in [-0.2, -0.15) is 0 Å². The van der Waals surface area contributed by atoms with Gasteiger partial charge in [0, 0.05) is 0 Å². The molecule has 1 aliphatic heterocycles. The fourth-order valence-corrected chi connectivity index (χ4v) is 2.96. The number of nitrogens with zero attached hydrogens (tertiary/aromatic N) is 1. The Hall–Kier alpha value is -2.37. The predicted octanol–water partition coefficient (Wildman–Crippen LogP) is 3.42. The largest absolute Gasteiger partial charge is 0.479 e. The molecule has 0 saturated carbocycles. The number of hydrogen-bond acceptors (Lipinski definition) is 3. The lowest BCUT2D eigenvalue weighted by molar-refractivity contribution is -0.141.